The average Bonchev–Trinajstić information content (AvgIpc) is 3.60. The molecule has 0 N–H and O–H groups in total. The van der Waals surface area contributed by atoms with Crippen molar-refractivity contribution >= 4 is 0 Å². The zero-order valence-electron chi connectivity index (χ0n) is 17.3. The van der Waals surface area contributed by atoms with Crippen LogP contribution in [0.25, 0.3) is 0 Å². The van der Waals surface area contributed by atoms with Crippen molar-refractivity contribution in [3.63, 3.8) is 0 Å². The van der Waals surface area contributed by atoms with Crippen molar-refractivity contribution in [3.8, 4) is 17.2 Å². The van der Waals surface area contributed by atoms with Crippen LogP contribution in [0.4, 0.5) is 4.39 Å². The summed E-state index contributed by atoms with van der Waals surface area (Å²) in [5.41, 5.74) is 2.05. The Kier molecular flexibility index (Phi) is 6.48. The van der Waals surface area contributed by atoms with E-state index in [-0.39, 0.29) is 11.7 Å². The molecule has 1 saturated carbocycles. The summed E-state index contributed by atoms with van der Waals surface area (Å²) in [4.78, 5) is 0. The van der Waals surface area contributed by atoms with Crippen molar-refractivity contribution in [1.82, 2.24) is 0 Å². The molecule has 154 valence electrons. The maximum absolute atomic E-state index is 15.2. The maximum atomic E-state index is 15.2. The molecule has 1 atom stereocenters. The van der Waals surface area contributed by atoms with Crippen molar-refractivity contribution in [2.24, 2.45) is 5.92 Å². The Hall–Kier alpha value is -3.07. The molecular formula is C27H27FO2. The number of hydrogen-bond acceptors (Lipinski definition) is 2. The summed E-state index contributed by atoms with van der Waals surface area (Å²) in [6.07, 6.45) is 4.43. The Balaban J connectivity index is 1.46. The van der Waals surface area contributed by atoms with E-state index in [1.807, 2.05) is 85.8 Å². The highest BCUT2D eigenvalue weighted by Crippen LogP contribution is 2.47. The molecule has 2 nitrogen and oxygen atoms in total. The number of allylic oxidation sites excluding steroid dienone is 2. The van der Waals surface area contributed by atoms with Crippen molar-refractivity contribution in [3.05, 3.63) is 102 Å². The summed E-state index contributed by atoms with van der Waals surface area (Å²) in [6.45, 7) is 2.59. The Morgan fingerprint density at radius 3 is 2.37 bits per heavy atom. The van der Waals surface area contributed by atoms with Gasteiger partial charge in [0.2, 0.25) is 0 Å². The van der Waals surface area contributed by atoms with Gasteiger partial charge in [-0.1, -0.05) is 42.5 Å². The van der Waals surface area contributed by atoms with E-state index in [4.69, 9.17) is 9.47 Å². The lowest BCUT2D eigenvalue weighted by molar-refractivity contribution is 0.340. The van der Waals surface area contributed by atoms with E-state index in [2.05, 4.69) is 0 Å². The Labute approximate surface area is 178 Å². The molecule has 0 radical (unpaired) electrons. The zero-order valence-corrected chi connectivity index (χ0v) is 17.3. The minimum absolute atomic E-state index is 0.0453. The van der Waals surface area contributed by atoms with Gasteiger partial charge in [-0.25, -0.2) is 4.39 Å². The quantitative estimate of drug-likeness (QED) is 0.370. The topological polar surface area (TPSA) is 18.5 Å². The van der Waals surface area contributed by atoms with Crippen LogP contribution >= 0.6 is 0 Å². The standard InChI is InChI=1S/C27H27FO2/c1-2-29-23-16-14-22(15-17-23)27(21-12-13-21)26(28)18-11-20-7-6-10-25(19-20)30-24-8-4-3-5-9-24/h3-10,14-19,21,27H,2,11-13H2,1H3/b26-18-. The van der Waals surface area contributed by atoms with Crippen molar-refractivity contribution < 1.29 is 13.9 Å². The second-order valence-electron chi connectivity index (χ2n) is 7.67. The number of hydrogen-bond donors (Lipinski definition) is 0. The number of ether oxygens (including phenoxy) is 2. The lowest BCUT2D eigenvalue weighted by Crippen LogP contribution is -2.03. The molecule has 30 heavy (non-hydrogen) atoms. The fourth-order valence-electron chi connectivity index (χ4n) is 3.73. The molecule has 3 aromatic rings. The molecule has 0 amide bonds. The number of para-hydroxylation sites is 1. The molecule has 0 spiro atoms. The van der Waals surface area contributed by atoms with Crippen LogP contribution in [0.5, 0.6) is 17.2 Å². The summed E-state index contributed by atoms with van der Waals surface area (Å²) < 4.78 is 26.6. The van der Waals surface area contributed by atoms with Crippen molar-refractivity contribution in [2.75, 3.05) is 6.61 Å². The van der Waals surface area contributed by atoms with Crippen LogP contribution in [-0.4, -0.2) is 6.61 Å². The second-order valence-corrected chi connectivity index (χ2v) is 7.67. The van der Waals surface area contributed by atoms with Crippen LogP contribution in [0.3, 0.4) is 0 Å². The Morgan fingerprint density at radius 2 is 1.67 bits per heavy atom. The third-order valence-electron chi connectivity index (χ3n) is 5.35. The third-order valence-corrected chi connectivity index (χ3v) is 5.35. The van der Waals surface area contributed by atoms with Crippen LogP contribution < -0.4 is 9.47 Å². The van der Waals surface area contributed by atoms with Gasteiger partial charge in [-0.05, 0) is 85.7 Å². The van der Waals surface area contributed by atoms with E-state index in [1.165, 1.54) is 0 Å². The molecule has 1 aliphatic carbocycles. The molecule has 0 aliphatic heterocycles. The lowest BCUT2D eigenvalue weighted by atomic mass is 9.92. The summed E-state index contributed by atoms with van der Waals surface area (Å²) in [5.74, 6) is 2.57. The minimum atomic E-state index is -0.163. The predicted molar refractivity (Wildman–Crippen MR) is 119 cm³/mol. The van der Waals surface area contributed by atoms with Gasteiger partial charge in [0.25, 0.3) is 0 Å². The minimum Gasteiger partial charge on any atom is -0.494 e. The van der Waals surface area contributed by atoms with E-state index in [0.717, 1.165) is 41.2 Å². The molecule has 0 heterocycles. The van der Waals surface area contributed by atoms with Crippen molar-refractivity contribution in [2.45, 2.75) is 32.1 Å². The first kappa shape index (κ1) is 20.2. The Morgan fingerprint density at radius 1 is 0.933 bits per heavy atom. The van der Waals surface area contributed by atoms with E-state index in [1.54, 1.807) is 6.08 Å². The summed E-state index contributed by atoms with van der Waals surface area (Å²) in [5, 5.41) is 0. The summed E-state index contributed by atoms with van der Waals surface area (Å²) in [6, 6.07) is 25.4. The smallest absolute Gasteiger partial charge is 0.127 e. The summed E-state index contributed by atoms with van der Waals surface area (Å²) >= 11 is 0. The molecule has 1 aliphatic rings. The van der Waals surface area contributed by atoms with Crippen LogP contribution in [0, 0.1) is 5.92 Å². The van der Waals surface area contributed by atoms with E-state index in [9.17, 15) is 0 Å². The average molecular weight is 403 g/mol. The molecule has 1 unspecified atom stereocenters. The predicted octanol–water partition coefficient (Wildman–Crippen LogP) is 7.47. The summed E-state index contributed by atoms with van der Waals surface area (Å²) in [7, 11) is 0. The molecule has 3 aromatic carbocycles. The number of rotatable bonds is 9. The first-order valence-electron chi connectivity index (χ1n) is 10.6. The van der Waals surface area contributed by atoms with Gasteiger partial charge in [0.1, 0.15) is 23.1 Å². The van der Waals surface area contributed by atoms with Gasteiger partial charge in [0.15, 0.2) is 0 Å². The monoisotopic (exact) mass is 402 g/mol. The zero-order chi connectivity index (χ0) is 20.8. The molecular weight excluding hydrogens is 375 g/mol. The first-order valence-corrected chi connectivity index (χ1v) is 10.6. The van der Waals surface area contributed by atoms with E-state index < -0.39 is 0 Å². The molecule has 0 saturated heterocycles. The van der Waals surface area contributed by atoms with E-state index >= 15 is 4.39 Å². The molecule has 0 bridgehead atoms. The second kappa shape index (κ2) is 9.62. The van der Waals surface area contributed by atoms with Gasteiger partial charge < -0.3 is 9.47 Å². The van der Waals surface area contributed by atoms with Crippen LogP contribution in [0.2, 0.25) is 0 Å². The van der Waals surface area contributed by atoms with Gasteiger partial charge in [0, 0.05) is 5.92 Å². The molecule has 0 aromatic heterocycles. The lowest BCUT2D eigenvalue weighted by Gasteiger charge is -2.16. The normalized spacial score (nSPS) is 14.9. The number of benzene rings is 3. The van der Waals surface area contributed by atoms with Crippen LogP contribution in [-0.2, 0) is 6.42 Å². The van der Waals surface area contributed by atoms with Crippen molar-refractivity contribution in [1.29, 1.82) is 0 Å². The largest absolute Gasteiger partial charge is 0.494 e. The van der Waals surface area contributed by atoms with Gasteiger partial charge in [-0.3, -0.25) is 0 Å². The van der Waals surface area contributed by atoms with Gasteiger partial charge in [-0.2, -0.15) is 0 Å². The van der Waals surface area contributed by atoms with Crippen LogP contribution in [0.15, 0.2) is 90.8 Å². The third kappa shape index (κ3) is 5.29. The van der Waals surface area contributed by atoms with Gasteiger partial charge in [0.05, 0.1) is 6.61 Å². The SMILES string of the molecule is CCOc1ccc(C(/C(F)=C/Cc2cccc(Oc3ccccc3)c2)C2CC2)cc1. The first-order chi connectivity index (χ1) is 14.7. The maximum Gasteiger partial charge on any atom is 0.127 e. The fourth-order valence-corrected chi connectivity index (χ4v) is 3.73. The highest BCUT2D eigenvalue weighted by Gasteiger charge is 2.35. The highest BCUT2D eigenvalue weighted by atomic mass is 19.1. The van der Waals surface area contributed by atoms with E-state index in [0.29, 0.717) is 18.9 Å². The number of halogens is 1. The Bertz CT molecular complexity index is 975. The molecule has 4 rings (SSSR count). The fraction of sp³-hybridized carbons (Fsp3) is 0.259. The van der Waals surface area contributed by atoms with Crippen LogP contribution in [0.1, 0.15) is 36.8 Å². The van der Waals surface area contributed by atoms with Gasteiger partial charge in [-0.15, -0.1) is 0 Å². The van der Waals surface area contributed by atoms with Gasteiger partial charge >= 0.3 is 0 Å². The molecule has 3 heteroatoms. The highest BCUT2D eigenvalue weighted by molar-refractivity contribution is 5.37. The molecule has 1 fully saturated rings.